The maximum absolute atomic E-state index is 13.4. The van der Waals surface area contributed by atoms with E-state index < -0.39 is 31.0 Å². The Morgan fingerprint density at radius 3 is 2.41 bits per heavy atom. The Bertz CT molecular complexity index is 1090. The Balaban J connectivity index is 1.64. The Morgan fingerprint density at radius 1 is 1.03 bits per heavy atom. The van der Waals surface area contributed by atoms with Crippen molar-refractivity contribution in [2.45, 2.75) is 36.1 Å². The molecule has 6 nitrogen and oxygen atoms in total. The summed E-state index contributed by atoms with van der Waals surface area (Å²) in [7, 11) is -7.22. The summed E-state index contributed by atoms with van der Waals surface area (Å²) in [5.74, 6) is 0.149. The predicted molar refractivity (Wildman–Crippen MR) is 112 cm³/mol. The van der Waals surface area contributed by atoms with Gasteiger partial charge in [-0.15, -0.1) is 0 Å². The first kappa shape index (κ1) is 20.4. The molecule has 0 spiro atoms. The van der Waals surface area contributed by atoms with Crippen LogP contribution in [0.1, 0.15) is 18.1 Å². The van der Waals surface area contributed by atoms with E-state index in [1.807, 2.05) is 30.0 Å². The normalized spacial score (nSPS) is 24.2. The van der Waals surface area contributed by atoms with Crippen molar-refractivity contribution in [3.05, 3.63) is 59.7 Å². The zero-order valence-corrected chi connectivity index (χ0v) is 18.0. The average Bonchev–Trinajstić information content (AvgIpc) is 3.05. The third-order valence-corrected chi connectivity index (χ3v) is 9.90. The number of ether oxygens (including phenoxy) is 1. The fraction of sp³-hybridized carbons (Fsp3) is 0.429. The van der Waals surface area contributed by atoms with E-state index in [-0.39, 0.29) is 16.4 Å². The second-order valence-corrected chi connectivity index (χ2v) is 11.9. The van der Waals surface area contributed by atoms with Gasteiger partial charge in [-0.2, -0.15) is 0 Å². The molecule has 2 aliphatic heterocycles. The van der Waals surface area contributed by atoms with E-state index in [1.54, 1.807) is 12.1 Å². The van der Waals surface area contributed by atoms with Crippen LogP contribution >= 0.6 is 0 Å². The number of hydrogen-bond donors (Lipinski definition) is 0. The van der Waals surface area contributed by atoms with Crippen LogP contribution in [0.25, 0.3) is 0 Å². The van der Waals surface area contributed by atoms with E-state index >= 15 is 0 Å². The van der Waals surface area contributed by atoms with Crippen LogP contribution in [0, 0.1) is 0 Å². The first-order valence-corrected chi connectivity index (χ1v) is 13.1. The number of fused-ring (bicyclic) bond motifs is 1. The minimum Gasteiger partial charge on any atom is -0.494 e. The molecule has 2 aliphatic rings. The highest BCUT2D eigenvalue weighted by molar-refractivity contribution is 7.96. The first-order valence-electron chi connectivity index (χ1n) is 9.78. The number of nitrogens with zero attached hydrogens (tertiary/aromatic N) is 1. The molecule has 1 saturated heterocycles. The van der Waals surface area contributed by atoms with E-state index in [2.05, 4.69) is 6.07 Å². The van der Waals surface area contributed by atoms with Crippen molar-refractivity contribution in [1.29, 1.82) is 0 Å². The third-order valence-electron chi connectivity index (χ3n) is 5.76. The summed E-state index contributed by atoms with van der Waals surface area (Å²) in [5.41, 5.74) is 2.38. The Hall–Kier alpha value is -1.90. The lowest BCUT2D eigenvalue weighted by Crippen LogP contribution is -2.48. The lowest BCUT2D eigenvalue weighted by molar-refractivity contribution is 0.195. The molecule has 8 heteroatoms. The zero-order chi connectivity index (χ0) is 20.6. The quantitative estimate of drug-likeness (QED) is 0.715. The molecule has 2 aromatic rings. The maximum Gasteiger partial charge on any atom is 0.183 e. The third kappa shape index (κ3) is 4.06. The lowest BCUT2D eigenvalue weighted by Gasteiger charge is -2.35. The van der Waals surface area contributed by atoms with Gasteiger partial charge < -0.3 is 4.74 Å². The van der Waals surface area contributed by atoms with E-state index in [4.69, 9.17) is 4.74 Å². The molecule has 0 N–H and O–H groups in total. The second kappa shape index (κ2) is 7.74. The molecule has 0 saturated carbocycles. The van der Waals surface area contributed by atoms with Gasteiger partial charge in [0.2, 0.25) is 0 Å². The SMILES string of the molecule is CCOc1ccc(S(=O)(=O)[C@H]2CS(=O)(=O)C[C@@H]2N2CCc3ccccc3C2)cc1. The summed E-state index contributed by atoms with van der Waals surface area (Å²) < 4.78 is 57.0. The molecule has 0 unspecified atom stereocenters. The van der Waals surface area contributed by atoms with Crippen molar-refractivity contribution in [3.63, 3.8) is 0 Å². The summed E-state index contributed by atoms with van der Waals surface area (Å²) in [6.45, 7) is 3.58. The van der Waals surface area contributed by atoms with Crippen LogP contribution in [0.15, 0.2) is 53.4 Å². The second-order valence-electron chi connectivity index (χ2n) is 7.62. The minimum atomic E-state index is -3.79. The van der Waals surface area contributed by atoms with Gasteiger partial charge in [0, 0.05) is 19.1 Å². The highest BCUT2D eigenvalue weighted by Crippen LogP contribution is 2.32. The van der Waals surface area contributed by atoms with Crippen LogP contribution in [0.5, 0.6) is 5.75 Å². The highest BCUT2D eigenvalue weighted by Gasteiger charge is 2.48. The number of hydrogen-bond acceptors (Lipinski definition) is 6. The van der Waals surface area contributed by atoms with Crippen molar-refractivity contribution in [3.8, 4) is 5.75 Å². The van der Waals surface area contributed by atoms with E-state index in [1.165, 1.54) is 17.7 Å². The smallest absolute Gasteiger partial charge is 0.183 e. The molecular weight excluding hydrogens is 410 g/mol. The average molecular weight is 436 g/mol. The monoisotopic (exact) mass is 435 g/mol. The fourth-order valence-electron chi connectivity index (χ4n) is 4.30. The van der Waals surface area contributed by atoms with Gasteiger partial charge in [-0.25, -0.2) is 16.8 Å². The van der Waals surface area contributed by atoms with E-state index in [0.717, 1.165) is 12.0 Å². The van der Waals surface area contributed by atoms with Crippen molar-refractivity contribution in [1.82, 2.24) is 4.90 Å². The van der Waals surface area contributed by atoms with E-state index in [0.29, 0.717) is 25.4 Å². The van der Waals surface area contributed by atoms with Gasteiger partial charge >= 0.3 is 0 Å². The van der Waals surface area contributed by atoms with E-state index in [9.17, 15) is 16.8 Å². The molecule has 4 rings (SSSR count). The molecule has 0 radical (unpaired) electrons. The first-order chi connectivity index (χ1) is 13.8. The summed E-state index contributed by atoms with van der Waals surface area (Å²) in [6.07, 6.45) is 0.794. The number of benzene rings is 2. The molecule has 29 heavy (non-hydrogen) atoms. The summed E-state index contributed by atoms with van der Waals surface area (Å²) in [6, 6.07) is 13.8. The highest BCUT2D eigenvalue weighted by atomic mass is 32.2. The number of sulfone groups is 2. The summed E-state index contributed by atoms with van der Waals surface area (Å²) in [5, 5.41) is -0.962. The van der Waals surface area contributed by atoms with Gasteiger partial charge in [-0.05, 0) is 48.7 Å². The molecule has 156 valence electrons. The van der Waals surface area contributed by atoms with Gasteiger partial charge in [-0.1, -0.05) is 24.3 Å². The topological polar surface area (TPSA) is 80.8 Å². The van der Waals surface area contributed by atoms with Gasteiger partial charge in [0.05, 0.1) is 28.3 Å². The fourth-order valence-corrected chi connectivity index (χ4v) is 9.13. The molecule has 0 aromatic heterocycles. The van der Waals surface area contributed by atoms with Gasteiger partial charge in [0.15, 0.2) is 19.7 Å². The van der Waals surface area contributed by atoms with Crippen LogP contribution in [-0.2, 0) is 32.6 Å². The summed E-state index contributed by atoms with van der Waals surface area (Å²) >= 11 is 0. The zero-order valence-electron chi connectivity index (χ0n) is 16.3. The van der Waals surface area contributed by atoms with Crippen molar-refractivity contribution < 1.29 is 21.6 Å². The predicted octanol–water partition coefficient (Wildman–Crippen LogP) is 2.08. The maximum atomic E-state index is 13.4. The van der Waals surface area contributed by atoms with Crippen molar-refractivity contribution in [2.75, 3.05) is 24.7 Å². The van der Waals surface area contributed by atoms with Gasteiger partial charge in [0.25, 0.3) is 0 Å². The van der Waals surface area contributed by atoms with Gasteiger partial charge in [-0.3, -0.25) is 4.90 Å². The summed E-state index contributed by atoms with van der Waals surface area (Å²) in [4.78, 5) is 2.18. The van der Waals surface area contributed by atoms with Crippen LogP contribution < -0.4 is 4.74 Å². The molecule has 1 fully saturated rings. The van der Waals surface area contributed by atoms with Crippen LogP contribution in [0.3, 0.4) is 0 Å². The molecule has 0 amide bonds. The van der Waals surface area contributed by atoms with Crippen LogP contribution in [0.2, 0.25) is 0 Å². The molecule has 2 atom stereocenters. The van der Waals surface area contributed by atoms with Crippen LogP contribution in [0.4, 0.5) is 0 Å². The molecular formula is C21H25NO5S2. The molecule has 0 aliphatic carbocycles. The number of rotatable bonds is 5. The largest absolute Gasteiger partial charge is 0.494 e. The van der Waals surface area contributed by atoms with Crippen LogP contribution in [-0.4, -0.2) is 57.7 Å². The van der Waals surface area contributed by atoms with Gasteiger partial charge in [0.1, 0.15) is 5.75 Å². The van der Waals surface area contributed by atoms with Crippen molar-refractivity contribution >= 4 is 19.7 Å². The minimum absolute atomic E-state index is 0.115. The Morgan fingerprint density at radius 2 is 1.72 bits per heavy atom. The standard InChI is InChI=1S/C21H25NO5S2/c1-2-27-18-7-9-19(10-8-18)29(25,26)21-15-28(23,24)14-20(21)22-12-11-16-5-3-4-6-17(16)13-22/h3-10,20-21H,2,11-15H2,1H3/t20-,21-/m0/s1. The molecule has 2 heterocycles. The molecule has 2 aromatic carbocycles. The Labute approximate surface area is 172 Å². The lowest BCUT2D eigenvalue weighted by atomic mass is 9.98. The molecule has 0 bridgehead atoms. The van der Waals surface area contributed by atoms with Crippen molar-refractivity contribution in [2.24, 2.45) is 0 Å². The Kier molecular flexibility index (Phi) is 5.44.